The summed E-state index contributed by atoms with van der Waals surface area (Å²) in [5, 5.41) is 4.53. The number of aromatic nitrogens is 2. The molecule has 0 radical (unpaired) electrons. The molecule has 0 unspecified atom stereocenters. The molecule has 0 aliphatic carbocycles. The minimum Gasteiger partial charge on any atom is -0.399 e. The number of rotatable bonds is 3. The van der Waals surface area contributed by atoms with Crippen LogP contribution in [0.5, 0.6) is 0 Å². The van der Waals surface area contributed by atoms with Crippen molar-refractivity contribution < 1.29 is 0 Å². The maximum absolute atomic E-state index is 5.79. The molecular formula is C10H11ClN4S. The van der Waals surface area contributed by atoms with E-state index in [1.807, 2.05) is 13.1 Å². The van der Waals surface area contributed by atoms with Crippen molar-refractivity contribution >= 4 is 34.4 Å². The van der Waals surface area contributed by atoms with Crippen molar-refractivity contribution in [3.8, 4) is 0 Å². The second-order valence-electron chi connectivity index (χ2n) is 3.33. The molecule has 4 nitrogen and oxygen atoms in total. The molecule has 0 spiro atoms. The fourth-order valence-corrected chi connectivity index (χ4v) is 2.20. The highest BCUT2D eigenvalue weighted by Gasteiger charge is 2.01. The lowest BCUT2D eigenvalue weighted by molar-refractivity contribution is 1.08. The third kappa shape index (κ3) is 2.84. The molecule has 3 N–H and O–H groups in total. The molecule has 0 fully saturated rings. The zero-order valence-electron chi connectivity index (χ0n) is 8.70. The Morgan fingerprint density at radius 2 is 2.31 bits per heavy atom. The molecule has 2 aromatic rings. The molecular weight excluding hydrogens is 244 g/mol. The minimum absolute atomic E-state index is 0.387. The number of nitrogens with two attached hydrogens (primary N) is 1. The number of nitrogens with one attached hydrogen (secondary N) is 1. The Morgan fingerprint density at radius 3 is 2.94 bits per heavy atom. The first kappa shape index (κ1) is 11.2. The Kier molecular flexibility index (Phi) is 3.26. The van der Waals surface area contributed by atoms with Gasteiger partial charge < -0.3 is 11.1 Å². The van der Waals surface area contributed by atoms with Gasteiger partial charge in [-0.3, -0.25) is 0 Å². The summed E-state index contributed by atoms with van der Waals surface area (Å²) in [6, 6.07) is 3.35. The van der Waals surface area contributed by atoms with Gasteiger partial charge in [0.25, 0.3) is 0 Å². The smallest absolute Gasteiger partial charge is 0.133 e. The van der Waals surface area contributed by atoms with E-state index in [1.54, 1.807) is 23.5 Å². The van der Waals surface area contributed by atoms with E-state index in [4.69, 9.17) is 17.3 Å². The minimum atomic E-state index is 0.387. The van der Waals surface area contributed by atoms with Crippen molar-refractivity contribution in [2.24, 2.45) is 0 Å². The first-order valence-electron chi connectivity index (χ1n) is 4.72. The number of nitrogen functional groups attached to an aromatic ring is 1. The van der Waals surface area contributed by atoms with E-state index in [1.165, 1.54) is 4.88 Å². The van der Waals surface area contributed by atoms with E-state index in [0.29, 0.717) is 23.2 Å². The average molecular weight is 255 g/mol. The summed E-state index contributed by atoms with van der Waals surface area (Å²) >= 11 is 7.44. The predicted octanol–water partition coefficient (Wildman–Crippen LogP) is 2.69. The van der Waals surface area contributed by atoms with E-state index in [0.717, 1.165) is 5.01 Å². The van der Waals surface area contributed by atoms with Crippen LogP contribution in [-0.2, 0) is 6.54 Å². The van der Waals surface area contributed by atoms with Crippen molar-refractivity contribution in [3.63, 3.8) is 0 Å². The number of aryl methyl sites for hydroxylation is 1. The Balaban J connectivity index is 2.04. The first-order valence-corrected chi connectivity index (χ1v) is 5.91. The van der Waals surface area contributed by atoms with Crippen molar-refractivity contribution in [2.45, 2.75) is 13.5 Å². The van der Waals surface area contributed by atoms with Crippen LogP contribution >= 0.6 is 22.9 Å². The Bertz CT molecular complexity index is 477. The van der Waals surface area contributed by atoms with E-state index >= 15 is 0 Å². The van der Waals surface area contributed by atoms with Gasteiger partial charge in [-0.05, 0) is 13.0 Å². The van der Waals surface area contributed by atoms with Crippen LogP contribution < -0.4 is 11.1 Å². The normalized spacial score (nSPS) is 10.4. The van der Waals surface area contributed by atoms with Gasteiger partial charge in [-0.2, -0.15) is 0 Å². The Morgan fingerprint density at radius 1 is 1.50 bits per heavy atom. The van der Waals surface area contributed by atoms with E-state index in [2.05, 4.69) is 15.3 Å². The van der Waals surface area contributed by atoms with Crippen LogP contribution in [0, 0.1) is 6.92 Å². The lowest BCUT2D eigenvalue weighted by Crippen LogP contribution is -2.01. The number of hydrogen-bond acceptors (Lipinski definition) is 5. The molecule has 0 aliphatic heterocycles. The Hall–Kier alpha value is -1.33. The fraction of sp³-hybridized carbons (Fsp3) is 0.200. The largest absolute Gasteiger partial charge is 0.399 e. The molecule has 0 saturated carbocycles. The lowest BCUT2D eigenvalue weighted by Gasteiger charge is -2.04. The zero-order valence-corrected chi connectivity index (χ0v) is 10.3. The monoisotopic (exact) mass is 254 g/mol. The maximum atomic E-state index is 5.79. The third-order valence-electron chi connectivity index (χ3n) is 1.91. The SMILES string of the molecule is Cc1cnc(CNc2cc(N)cc(Cl)n2)s1. The standard InChI is InChI=1S/C10H11ClN4S/c1-6-4-14-10(16-6)5-13-9-3-7(12)2-8(11)15-9/h2-4H,5H2,1H3,(H3,12,13,15). The second kappa shape index (κ2) is 4.67. The molecule has 16 heavy (non-hydrogen) atoms. The van der Waals surface area contributed by atoms with Gasteiger partial charge in [0.1, 0.15) is 16.0 Å². The third-order valence-corrected chi connectivity index (χ3v) is 3.01. The average Bonchev–Trinajstić information content (AvgIpc) is 2.60. The number of hydrogen-bond donors (Lipinski definition) is 2. The van der Waals surface area contributed by atoms with Crippen molar-refractivity contribution in [1.29, 1.82) is 0 Å². The van der Waals surface area contributed by atoms with Crippen LogP contribution in [0.15, 0.2) is 18.3 Å². The molecule has 6 heteroatoms. The summed E-state index contributed by atoms with van der Waals surface area (Å²) < 4.78 is 0. The molecule has 0 aromatic carbocycles. The highest BCUT2D eigenvalue weighted by molar-refractivity contribution is 7.11. The van der Waals surface area contributed by atoms with Gasteiger partial charge in [-0.1, -0.05) is 11.6 Å². The number of pyridine rings is 1. The molecule has 84 valence electrons. The van der Waals surface area contributed by atoms with Crippen LogP contribution in [0.4, 0.5) is 11.5 Å². The first-order chi connectivity index (χ1) is 7.63. The van der Waals surface area contributed by atoms with Crippen LogP contribution in [0.25, 0.3) is 0 Å². The van der Waals surface area contributed by atoms with Gasteiger partial charge in [0, 0.05) is 22.8 Å². The molecule has 2 aromatic heterocycles. The van der Waals surface area contributed by atoms with Gasteiger partial charge in [0.05, 0.1) is 6.54 Å². The van der Waals surface area contributed by atoms with Crippen molar-refractivity contribution in [2.75, 3.05) is 11.1 Å². The summed E-state index contributed by atoms with van der Waals surface area (Å²) in [4.78, 5) is 9.54. The van der Waals surface area contributed by atoms with Crippen LogP contribution in [0.3, 0.4) is 0 Å². The molecule has 2 heterocycles. The fourth-order valence-electron chi connectivity index (χ4n) is 1.26. The van der Waals surface area contributed by atoms with Gasteiger partial charge in [0.2, 0.25) is 0 Å². The van der Waals surface area contributed by atoms with Crippen LogP contribution in [-0.4, -0.2) is 9.97 Å². The topological polar surface area (TPSA) is 63.8 Å². The molecule has 0 bridgehead atoms. The summed E-state index contributed by atoms with van der Waals surface area (Å²) in [7, 11) is 0. The lowest BCUT2D eigenvalue weighted by atomic mass is 10.4. The number of anilines is 2. The van der Waals surface area contributed by atoms with Crippen LogP contribution in [0.1, 0.15) is 9.88 Å². The maximum Gasteiger partial charge on any atom is 0.133 e. The number of nitrogens with zero attached hydrogens (tertiary/aromatic N) is 2. The molecule has 0 aliphatic rings. The summed E-state index contributed by atoms with van der Waals surface area (Å²) in [6.07, 6.45) is 1.85. The highest BCUT2D eigenvalue weighted by atomic mass is 35.5. The number of thiazole rings is 1. The Labute approximate surface area is 102 Å². The van der Waals surface area contributed by atoms with Crippen molar-refractivity contribution in [3.05, 3.63) is 33.4 Å². The van der Waals surface area contributed by atoms with Crippen molar-refractivity contribution in [1.82, 2.24) is 9.97 Å². The molecule has 0 atom stereocenters. The van der Waals surface area contributed by atoms with E-state index in [-0.39, 0.29) is 0 Å². The van der Waals surface area contributed by atoms with Gasteiger partial charge >= 0.3 is 0 Å². The number of halogens is 1. The highest BCUT2D eigenvalue weighted by Crippen LogP contribution is 2.17. The summed E-state index contributed by atoms with van der Waals surface area (Å²) in [5.74, 6) is 0.665. The molecule has 0 amide bonds. The quantitative estimate of drug-likeness (QED) is 0.827. The molecule has 2 rings (SSSR count). The summed E-state index contributed by atoms with van der Waals surface area (Å²) in [6.45, 7) is 2.65. The zero-order chi connectivity index (χ0) is 11.5. The van der Waals surface area contributed by atoms with E-state index in [9.17, 15) is 0 Å². The van der Waals surface area contributed by atoms with E-state index < -0.39 is 0 Å². The van der Waals surface area contributed by atoms with Gasteiger partial charge in [-0.15, -0.1) is 11.3 Å². The van der Waals surface area contributed by atoms with Crippen LogP contribution in [0.2, 0.25) is 5.15 Å². The predicted molar refractivity (Wildman–Crippen MR) is 67.8 cm³/mol. The van der Waals surface area contributed by atoms with Gasteiger partial charge in [0.15, 0.2) is 0 Å². The summed E-state index contributed by atoms with van der Waals surface area (Å²) in [5.41, 5.74) is 6.25. The second-order valence-corrected chi connectivity index (χ2v) is 5.03. The molecule has 0 saturated heterocycles. The van der Waals surface area contributed by atoms with Gasteiger partial charge in [-0.25, -0.2) is 9.97 Å².